The number of hydroxylamine groups is 1. The zero-order chi connectivity index (χ0) is 17.2. The van der Waals surface area contributed by atoms with Crippen LogP contribution in [0.15, 0.2) is 28.2 Å². The number of nitrogens with zero attached hydrogens (tertiary/aromatic N) is 2. The molecule has 0 aliphatic carbocycles. The number of nitrogens with one attached hydrogen (secondary N) is 1. The normalized spacial score (nSPS) is 12.0. The maximum atomic E-state index is 5.70. The molecule has 0 saturated carbocycles. The van der Waals surface area contributed by atoms with Gasteiger partial charge in [0.05, 0.1) is 13.2 Å². The molecule has 24 heavy (non-hydrogen) atoms. The van der Waals surface area contributed by atoms with Crippen molar-refractivity contribution >= 4 is 24.3 Å². The fourth-order valence-electron chi connectivity index (χ4n) is 1.84. The van der Waals surface area contributed by atoms with Crippen LogP contribution in [0.25, 0.3) is 0 Å². The van der Waals surface area contributed by atoms with Gasteiger partial charge in [-0.15, -0.1) is 12.4 Å². The average molecular weight is 358 g/mol. The first kappa shape index (κ1) is 22.0. The van der Waals surface area contributed by atoms with Gasteiger partial charge in [-0.25, -0.2) is 10.5 Å². The third-order valence-corrected chi connectivity index (χ3v) is 2.78. The standard InChI is InChI=1S/C16H27N5O2.ClH/c1-11(2)19-15(17)20-16(18)21-23-9-5-8-22-14-7-6-12(3)10-13(14)4;/h6-7,10-11H,5,8-9H2,1-4H3,(H5,17,18,19,20,21);1H. The predicted molar refractivity (Wildman–Crippen MR) is 101 cm³/mol. The number of benzene rings is 1. The summed E-state index contributed by atoms with van der Waals surface area (Å²) >= 11 is 0. The van der Waals surface area contributed by atoms with E-state index in [0.717, 1.165) is 11.3 Å². The number of hydrogen-bond acceptors (Lipinski definition) is 3. The Kier molecular flexibility index (Phi) is 10.6. The van der Waals surface area contributed by atoms with Gasteiger partial charge in [0.1, 0.15) is 5.75 Å². The Bertz CT molecular complexity index is 561. The number of nitrogens with two attached hydrogens (primary N) is 2. The smallest absolute Gasteiger partial charge is 0.221 e. The molecule has 0 fully saturated rings. The Hall–Kier alpha value is -1.99. The second kappa shape index (κ2) is 11.5. The van der Waals surface area contributed by atoms with Gasteiger partial charge >= 0.3 is 0 Å². The van der Waals surface area contributed by atoms with Crippen molar-refractivity contribution in [3.05, 3.63) is 29.3 Å². The van der Waals surface area contributed by atoms with Gasteiger partial charge in [0.2, 0.25) is 11.9 Å². The van der Waals surface area contributed by atoms with E-state index in [2.05, 4.69) is 28.5 Å². The van der Waals surface area contributed by atoms with Crippen molar-refractivity contribution in [3.8, 4) is 5.75 Å². The van der Waals surface area contributed by atoms with Gasteiger partial charge in [-0.2, -0.15) is 4.99 Å². The topological polar surface area (TPSA) is 107 Å². The van der Waals surface area contributed by atoms with E-state index in [0.29, 0.717) is 19.6 Å². The van der Waals surface area contributed by atoms with Crippen molar-refractivity contribution in [1.82, 2.24) is 5.48 Å². The van der Waals surface area contributed by atoms with E-state index in [4.69, 9.17) is 21.0 Å². The number of aliphatic imine (C=N–C) groups is 2. The third-order valence-electron chi connectivity index (χ3n) is 2.78. The molecular weight excluding hydrogens is 330 g/mol. The Balaban J connectivity index is 0.00000529. The first-order chi connectivity index (χ1) is 10.9. The molecule has 0 bridgehead atoms. The molecule has 0 aliphatic rings. The van der Waals surface area contributed by atoms with Crippen molar-refractivity contribution in [2.45, 2.75) is 40.2 Å². The highest BCUT2D eigenvalue weighted by Crippen LogP contribution is 2.18. The molecule has 0 atom stereocenters. The van der Waals surface area contributed by atoms with Gasteiger partial charge in [-0.1, -0.05) is 17.7 Å². The highest BCUT2D eigenvalue weighted by molar-refractivity contribution is 5.92. The molecule has 0 unspecified atom stereocenters. The molecule has 7 nitrogen and oxygen atoms in total. The van der Waals surface area contributed by atoms with E-state index in [9.17, 15) is 0 Å². The van der Waals surface area contributed by atoms with Crippen LogP contribution in [0.2, 0.25) is 0 Å². The zero-order valence-corrected chi connectivity index (χ0v) is 15.5. The lowest BCUT2D eigenvalue weighted by molar-refractivity contribution is 0.0738. The zero-order valence-electron chi connectivity index (χ0n) is 14.7. The Morgan fingerprint density at radius 1 is 1.21 bits per heavy atom. The van der Waals surface area contributed by atoms with Crippen molar-refractivity contribution in [3.63, 3.8) is 0 Å². The van der Waals surface area contributed by atoms with Crippen LogP contribution < -0.4 is 21.7 Å². The fourth-order valence-corrected chi connectivity index (χ4v) is 1.84. The number of rotatable bonds is 7. The summed E-state index contributed by atoms with van der Waals surface area (Å²) in [5.41, 5.74) is 16.1. The van der Waals surface area contributed by atoms with Crippen LogP contribution in [-0.4, -0.2) is 31.2 Å². The molecule has 0 amide bonds. The van der Waals surface area contributed by atoms with Gasteiger partial charge in [0, 0.05) is 12.5 Å². The lowest BCUT2D eigenvalue weighted by Gasteiger charge is -2.10. The third kappa shape index (κ3) is 9.22. The molecule has 136 valence electrons. The molecule has 0 heterocycles. The van der Waals surface area contributed by atoms with Crippen molar-refractivity contribution < 1.29 is 9.57 Å². The number of ether oxygens (including phenoxy) is 1. The van der Waals surface area contributed by atoms with E-state index < -0.39 is 0 Å². The van der Waals surface area contributed by atoms with Crippen LogP contribution in [0.1, 0.15) is 31.4 Å². The molecule has 0 saturated heterocycles. The molecule has 1 aromatic carbocycles. The molecule has 1 aromatic rings. The SMILES string of the molecule is Cc1ccc(OCCCONC(N)=NC(N)=NC(C)C)c(C)c1.Cl. The Morgan fingerprint density at radius 3 is 2.54 bits per heavy atom. The highest BCUT2D eigenvalue weighted by atomic mass is 35.5. The number of hydrogen-bond donors (Lipinski definition) is 3. The monoisotopic (exact) mass is 357 g/mol. The van der Waals surface area contributed by atoms with E-state index >= 15 is 0 Å². The summed E-state index contributed by atoms with van der Waals surface area (Å²) in [7, 11) is 0. The van der Waals surface area contributed by atoms with Crippen LogP contribution in [0, 0.1) is 13.8 Å². The molecule has 0 aromatic heterocycles. The molecule has 0 aliphatic heterocycles. The molecule has 0 radical (unpaired) electrons. The largest absolute Gasteiger partial charge is 0.493 e. The van der Waals surface area contributed by atoms with Gasteiger partial charge in [0.25, 0.3) is 0 Å². The van der Waals surface area contributed by atoms with Gasteiger partial charge < -0.3 is 16.2 Å². The first-order valence-electron chi connectivity index (χ1n) is 7.63. The number of guanidine groups is 2. The van der Waals surface area contributed by atoms with Crippen LogP contribution in [0.5, 0.6) is 5.75 Å². The first-order valence-corrected chi connectivity index (χ1v) is 7.63. The van der Waals surface area contributed by atoms with E-state index in [1.54, 1.807) is 0 Å². The minimum Gasteiger partial charge on any atom is -0.493 e. The summed E-state index contributed by atoms with van der Waals surface area (Å²) in [4.78, 5) is 13.1. The summed E-state index contributed by atoms with van der Waals surface area (Å²) in [5, 5.41) is 0. The predicted octanol–water partition coefficient (Wildman–Crippen LogP) is 2.05. The highest BCUT2D eigenvalue weighted by Gasteiger charge is 2.00. The summed E-state index contributed by atoms with van der Waals surface area (Å²) < 4.78 is 5.70. The molecule has 1 rings (SSSR count). The van der Waals surface area contributed by atoms with Crippen LogP contribution in [-0.2, 0) is 4.84 Å². The lowest BCUT2D eigenvalue weighted by atomic mass is 10.1. The maximum absolute atomic E-state index is 5.70. The van der Waals surface area contributed by atoms with Gasteiger partial charge in [-0.3, -0.25) is 4.84 Å². The quantitative estimate of drug-likeness (QED) is 0.299. The number of halogens is 1. The molecule has 5 N–H and O–H groups in total. The van der Waals surface area contributed by atoms with Gasteiger partial charge in [-0.05, 0) is 39.3 Å². The van der Waals surface area contributed by atoms with Gasteiger partial charge in [0.15, 0.2) is 0 Å². The minimum atomic E-state index is 0. The number of aryl methyl sites for hydroxylation is 2. The molecule has 8 heteroatoms. The summed E-state index contributed by atoms with van der Waals surface area (Å²) in [5.74, 6) is 1.08. The maximum Gasteiger partial charge on any atom is 0.221 e. The summed E-state index contributed by atoms with van der Waals surface area (Å²) in [6.07, 6.45) is 0.711. The van der Waals surface area contributed by atoms with Crippen LogP contribution >= 0.6 is 12.4 Å². The summed E-state index contributed by atoms with van der Waals surface area (Å²) in [6, 6.07) is 6.16. The second-order valence-corrected chi connectivity index (χ2v) is 5.50. The van der Waals surface area contributed by atoms with E-state index in [1.165, 1.54) is 5.56 Å². The second-order valence-electron chi connectivity index (χ2n) is 5.50. The van der Waals surface area contributed by atoms with Crippen molar-refractivity contribution in [2.75, 3.05) is 13.2 Å². The fraction of sp³-hybridized carbons (Fsp3) is 0.500. The summed E-state index contributed by atoms with van der Waals surface area (Å²) in [6.45, 7) is 8.88. The van der Waals surface area contributed by atoms with E-state index in [-0.39, 0.29) is 30.4 Å². The van der Waals surface area contributed by atoms with Crippen LogP contribution in [0.3, 0.4) is 0 Å². The average Bonchev–Trinajstić information content (AvgIpc) is 2.43. The van der Waals surface area contributed by atoms with Crippen molar-refractivity contribution in [2.24, 2.45) is 21.5 Å². The Labute approximate surface area is 149 Å². The lowest BCUT2D eigenvalue weighted by Crippen LogP contribution is -2.34. The van der Waals surface area contributed by atoms with Crippen molar-refractivity contribution in [1.29, 1.82) is 0 Å². The van der Waals surface area contributed by atoms with Crippen LogP contribution in [0.4, 0.5) is 0 Å². The van der Waals surface area contributed by atoms with E-state index in [1.807, 2.05) is 32.9 Å². The molecule has 0 spiro atoms. The minimum absolute atomic E-state index is 0. The Morgan fingerprint density at radius 2 is 1.92 bits per heavy atom. The molecular formula is C16H28ClN5O2.